The van der Waals surface area contributed by atoms with Crippen molar-refractivity contribution in [1.29, 1.82) is 0 Å². The number of methoxy groups -OCH3 is 1. The second-order valence-electron chi connectivity index (χ2n) is 5.40. The Labute approximate surface area is 150 Å². The van der Waals surface area contributed by atoms with Crippen molar-refractivity contribution in [2.24, 2.45) is 0 Å². The van der Waals surface area contributed by atoms with Crippen LogP contribution in [0.15, 0.2) is 24.5 Å². The molecule has 26 heavy (non-hydrogen) atoms. The molecule has 9 heteroatoms. The average Bonchev–Trinajstić information content (AvgIpc) is 2.94. The number of aromatic nitrogens is 2. The lowest BCUT2D eigenvalue weighted by atomic mass is 10.1. The minimum atomic E-state index is -0.584. The Bertz CT molecular complexity index is 801. The number of ether oxygens (including phenoxy) is 2. The van der Waals surface area contributed by atoms with Crippen molar-refractivity contribution in [3.63, 3.8) is 0 Å². The number of carbonyl (C=O) groups excluding carboxylic acids is 3. The highest BCUT2D eigenvalue weighted by Crippen LogP contribution is 2.18. The van der Waals surface area contributed by atoms with Gasteiger partial charge in [0.15, 0.2) is 0 Å². The molecule has 2 aromatic rings. The van der Waals surface area contributed by atoms with Gasteiger partial charge in [-0.2, -0.15) is 0 Å². The molecule has 0 radical (unpaired) electrons. The van der Waals surface area contributed by atoms with Gasteiger partial charge in [0.05, 0.1) is 17.7 Å². The number of pyridine rings is 1. The normalized spacial score (nSPS) is 10.3. The fourth-order valence-corrected chi connectivity index (χ4v) is 2.32. The quantitative estimate of drug-likeness (QED) is 0.400. The summed E-state index contributed by atoms with van der Waals surface area (Å²) >= 11 is 0. The number of nitrogens with zero attached hydrogens (tertiary/aromatic N) is 1. The van der Waals surface area contributed by atoms with Crippen LogP contribution in [0.2, 0.25) is 0 Å². The van der Waals surface area contributed by atoms with Gasteiger partial charge < -0.3 is 14.5 Å². The molecular formula is C17H20N4O5. The molecule has 138 valence electrons. The number of aryl methyl sites for hydroxylation is 1. The highest BCUT2D eigenvalue weighted by atomic mass is 16.6. The van der Waals surface area contributed by atoms with E-state index < -0.39 is 17.8 Å². The molecule has 2 amide bonds. The summed E-state index contributed by atoms with van der Waals surface area (Å²) in [6.45, 7) is 3.67. The maximum absolute atomic E-state index is 12.3. The zero-order valence-corrected chi connectivity index (χ0v) is 14.7. The number of amides is 2. The van der Waals surface area contributed by atoms with Crippen molar-refractivity contribution in [3.8, 4) is 0 Å². The highest BCUT2D eigenvalue weighted by Gasteiger charge is 2.23. The zero-order chi connectivity index (χ0) is 19.1. The van der Waals surface area contributed by atoms with Gasteiger partial charge in [0, 0.05) is 25.2 Å². The van der Waals surface area contributed by atoms with Crippen molar-refractivity contribution >= 4 is 17.8 Å². The molecule has 0 aromatic carbocycles. The summed E-state index contributed by atoms with van der Waals surface area (Å²) in [5.74, 6) is -1.64. The van der Waals surface area contributed by atoms with Crippen LogP contribution in [0.3, 0.4) is 0 Å². The fraction of sp³-hybridized carbons (Fsp3) is 0.294. The number of aromatic amines is 1. The van der Waals surface area contributed by atoms with Crippen LogP contribution in [0.1, 0.15) is 42.5 Å². The van der Waals surface area contributed by atoms with E-state index in [1.807, 2.05) is 0 Å². The van der Waals surface area contributed by atoms with Crippen LogP contribution in [0.4, 0.5) is 0 Å². The summed E-state index contributed by atoms with van der Waals surface area (Å²) in [7, 11) is 1.50. The molecule has 3 N–H and O–H groups in total. The first-order chi connectivity index (χ1) is 12.5. The van der Waals surface area contributed by atoms with Gasteiger partial charge in [-0.15, -0.1) is 0 Å². The number of hydrazine groups is 1. The molecule has 0 atom stereocenters. The smallest absolute Gasteiger partial charge is 0.340 e. The van der Waals surface area contributed by atoms with Gasteiger partial charge in [-0.1, -0.05) is 0 Å². The maximum Gasteiger partial charge on any atom is 0.340 e. The number of esters is 1. The molecule has 0 spiro atoms. The van der Waals surface area contributed by atoms with Crippen LogP contribution in [0.25, 0.3) is 0 Å². The van der Waals surface area contributed by atoms with E-state index in [9.17, 15) is 14.4 Å². The number of carbonyl (C=O) groups is 3. The first-order valence-corrected chi connectivity index (χ1v) is 7.81. The first kappa shape index (κ1) is 19.1. The summed E-state index contributed by atoms with van der Waals surface area (Å²) in [5, 5.41) is 0. The third kappa shape index (κ3) is 4.45. The number of nitrogens with one attached hydrogen (secondary N) is 3. The molecule has 0 aliphatic carbocycles. The van der Waals surface area contributed by atoms with E-state index in [1.165, 1.54) is 19.5 Å². The molecule has 9 nitrogen and oxygen atoms in total. The Hall–Kier alpha value is -3.20. The lowest BCUT2D eigenvalue weighted by Crippen LogP contribution is -2.42. The lowest BCUT2D eigenvalue weighted by molar-refractivity contribution is 0.0386. The number of hydrogen-bond acceptors (Lipinski definition) is 6. The summed E-state index contributed by atoms with van der Waals surface area (Å²) in [6, 6.07) is 3.17. The second kappa shape index (κ2) is 8.77. The predicted molar refractivity (Wildman–Crippen MR) is 91.6 cm³/mol. The average molecular weight is 360 g/mol. The summed E-state index contributed by atoms with van der Waals surface area (Å²) < 4.78 is 9.92. The minimum absolute atomic E-state index is 0.113. The summed E-state index contributed by atoms with van der Waals surface area (Å²) in [5.41, 5.74) is 6.26. The molecular weight excluding hydrogens is 340 g/mol. The van der Waals surface area contributed by atoms with Gasteiger partial charge in [-0.05, 0) is 31.5 Å². The number of H-pyrrole nitrogens is 1. The molecule has 2 heterocycles. The van der Waals surface area contributed by atoms with Gasteiger partial charge in [0.2, 0.25) is 0 Å². The zero-order valence-electron chi connectivity index (χ0n) is 14.7. The minimum Gasteiger partial charge on any atom is -0.460 e. The standard InChI is InChI=1S/C17H20N4O5/c1-10-13(17(24)26-8-7-25-3)11(2)19-14(10)16(23)21-20-15(22)12-5-4-6-18-9-12/h4-6,9,19H,7-8H2,1-3H3,(H,20,22)(H,21,23). The Balaban J connectivity index is 2.04. The van der Waals surface area contributed by atoms with E-state index in [1.54, 1.807) is 26.0 Å². The van der Waals surface area contributed by atoms with E-state index in [2.05, 4.69) is 20.8 Å². The summed E-state index contributed by atoms with van der Waals surface area (Å²) in [4.78, 5) is 43.0. The van der Waals surface area contributed by atoms with Crippen LogP contribution < -0.4 is 10.9 Å². The fourth-order valence-electron chi connectivity index (χ4n) is 2.32. The van der Waals surface area contributed by atoms with Crippen LogP contribution in [-0.2, 0) is 9.47 Å². The van der Waals surface area contributed by atoms with Gasteiger partial charge in [0.25, 0.3) is 11.8 Å². The van der Waals surface area contributed by atoms with Crippen molar-refractivity contribution in [2.45, 2.75) is 13.8 Å². The van der Waals surface area contributed by atoms with Gasteiger partial charge >= 0.3 is 5.97 Å². The van der Waals surface area contributed by atoms with E-state index >= 15 is 0 Å². The van der Waals surface area contributed by atoms with Crippen molar-refractivity contribution in [2.75, 3.05) is 20.3 Å². The Morgan fingerprint density at radius 2 is 1.88 bits per heavy atom. The lowest BCUT2D eigenvalue weighted by Gasteiger charge is -2.07. The number of rotatable bonds is 6. The second-order valence-corrected chi connectivity index (χ2v) is 5.40. The third-order valence-electron chi connectivity index (χ3n) is 3.60. The van der Waals surface area contributed by atoms with Gasteiger partial charge in [0.1, 0.15) is 12.3 Å². The van der Waals surface area contributed by atoms with Crippen LogP contribution >= 0.6 is 0 Å². The van der Waals surface area contributed by atoms with Crippen molar-refractivity contribution < 1.29 is 23.9 Å². The Kier molecular flexibility index (Phi) is 6.45. The van der Waals surface area contributed by atoms with Gasteiger partial charge in [-0.3, -0.25) is 25.4 Å². The van der Waals surface area contributed by atoms with E-state index in [4.69, 9.17) is 9.47 Å². The molecule has 0 bridgehead atoms. The third-order valence-corrected chi connectivity index (χ3v) is 3.60. The van der Waals surface area contributed by atoms with Crippen LogP contribution in [-0.4, -0.2) is 48.1 Å². The predicted octanol–water partition coefficient (Wildman–Crippen LogP) is 0.905. The number of hydrogen-bond donors (Lipinski definition) is 3. The van der Waals surface area contributed by atoms with Crippen molar-refractivity contribution in [3.05, 3.63) is 52.6 Å². The topological polar surface area (TPSA) is 122 Å². The molecule has 0 fully saturated rings. The SMILES string of the molecule is COCCOC(=O)c1c(C)[nH]c(C(=O)NNC(=O)c2cccnc2)c1C. The highest BCUT2D eigenvalue weighted by molar-refractivity contribution is 6.02. The van der Waals surface area contributed by atoms with E-state index in [-0.39, 0.29) is 24.5 Å². The first-order valence-electron chi connectivity index (χ1n) is 7.81. The summed E-state index contributed by atoms with van der Waals surface area (Å²) in [6.07, 6.45) is 2.91. The molecule has 2 aromatic heterocycles. The molecule has 0 unspecified atom stereocenters. The van der Waals surface area contributed by atoms with E-state index in [0.29, 0.717) is 16.8 Å². The van der Waals surface area contributed by atoms with E-state index in [0.717, 1.165) is 0 Å². The molecule has 2 rings (SSSR count). The van der Waals surface area contributed by atoms with Crippen LogP contribution in [0.5, 0.6) is 0 Å². The molecule has 0 saturated carbocycles. The molecule has 0 aliphatic rings. The van der Waals surface area contributed by atoms with Crippen LogP contribution in [0, 0.1) is 13.8 Å². The Morgan fingerprint density at radius 1 is 1.15 bits per heavy atom. The largest absolute Gasteiger partial charge is 0.460 e. The molecule has 0 saturated heterocycles. The molecule has 0 aliphatic heterocycles. The van der Waals surface area contributed by atoms with Crippen molar-refractivity contribution in [1.82, 2.24) is 20.8 Å². The van der Waals surface area contributed by atoms with Gasteiger partial charge in [-0.25, -0.2) is 4.79 Å². The monoisotopic (exact) mass is 360 g/mol. The Morgan fingerprint density at radius 3 is 2.54 bits per heavy atom. The maximum atomic E-state index is 12.3.